The van der Waals surface area contributed by atoms with Crippen LogP contribution in [-0.2, 0) is 0 Å². The lowest BCUT2D eigenvalue weighted by Gasteiger charge is -2.32. The number of fused-ring (bicyclic) bond motifs is 1. The van der Waals surface area contributed by atoms with Crippen LogP contribution >= 0.6 is 0 Å². The predicted molar refractivity (Wildman–Crippen MR) is 111 cm³/mol. The minimum Gasteiger partial charge on any atom is -0.493 e. The van der Waals surface area contributed by atoms with Crippen molar-refractivity contribution < 1.29 is 14.2 Å². The van der Waals surface area contributed by atoms with Gasteiger partial charge < -0.3 is 24.1 Å². The highest BCUT2D eigenvalue weighted by Gasteiger charge is 2.26. The number of aromatic nitrogens is 1. The Labute approximate surface area is 164 Å². The number of methoxy groups -OCH3 is 3. The quantitative estimate of drug-likeness (QED) is 0.679. The van der Waals surface area contributed by atoms with Gasteiger partial charge in [-0.05, 0) is 29.8 Å². The summed E-state index contributed by atoms with van der Waals surface area (Å²) in [6, 6.07) is 12.4. The lowest BCUT2D eigenvalue weighted by atomic mass is 9.95. The third-order valence-corrected chi connectivity index (χ3v) is 5.09. The molecular formula is C23H24N2O3. The van der Waals surface area contributed by atoms with Gasteiger partial charge in [0.05, 0.1) is 27.4 Å². The summed E-state index contributed by atoms with van der Waals surface area (Å²) in [5.41, 5.74) is 3.38. The maximum Gasteiger partial charge on any atom is 0.203 e. The minimum atomic E-state index is -0.00828. The topological polar surface area (TPSA) is 46.7 Å². The van der Waals surface area contributed by atoms with Crippen LogP contribution < -0.4 is 14.2 Å². The number of hydrogen-bond donors (Lipinski definition) is 1. The molecule has 0 spiro atoms. The number of rotatable bonds is 6. The van der Waals surface area contributed by atoms with Crippen molar-refractivity contribution >= 4 is 10.9 Å². The molecule has 0 saturated heterocycles. The van der Waals surface area contributed by atoms with E-state index >= 15 is 0 Å². The molecule has 1 aliphatic rings. The second-order valence-corrected chi connectivity index (χ2v) is 6.62. The third-order valence-electron chi connectivity index (χ3n) is 5.09. The predicted octanol–water partition coefficient (Wildman–Crippen LogP) is 4.67. The van der Waals surface area contributed by atoms with Crippen molar-refractivity contribution in [2.45, 2.75) is 6.04 Å². The maximum absolute atomic E-state index is 5.60. The Morgan fingerprint density at radius 1 is 0.964 bits per heavy atom. The molecule has 0 saturated carbocycles. The number of allylic oxidation sites excluding steroid dienone is 2. The van der Waals surface area contributed by atoms with Gasteiger partial charge in [-0.15, -0.1) is 0 Å². The number of nitrogens with zero attached hydrogens (tertiary/aromatic N) is 1. The van der Waals surface area contributed by atoms with Crippen LogP contribution in [0.25, 0.3) is 10.9 Å². The number of benzene rings is 2. The van der Waals surface area contributed by atoms with E-state index in [1.54, 1.807) is 21.3 Å². The molecule has 1 unspecified atom stereocenters. The van der Waals surface area contributed by atoms with Gasteiger partial charge in [-0.3, -0.25) is 0 Å². The Kier molecular flexibility index (Phi) is 4.98. The first-order chi connectivity index (χ1) is 13.8. The average molecular weight is 376 g/mol. The highest BCUT2D eigenvalue weighted by molar-refractivity contribution is 5.84. The van der Waals surface area contributed by atoms with E-state index in [1.807, 2.05) is 18.2 Å². The highest BCUT2D eigenvalue weighted by atomic mass is 16.5. The summed E-state index contributed by atoms with van der Waals surface area (Å²) in [5, 5.41) is 1.20. The largest absolute Gasteiger partial charge is 0.493 e. The van der Waals surface area contributed by atoms with Crippen molar-refractivity contribution in [3.8, 4) is 17.2 Å². The van der Waals surface area contributed by atoms with Crippen LogP contribution in [-0.4, -0.2) is 37.8 Å². The van der Waals surface area contributed by atoms with Crippen LogP contribution in [0.4, 0.5) is 0 Å². The van der Waals surface area contributed by atoms with E-state index in [9.17, 15) is 0 Å². The normalized spacial score (nSPS) is 14.3. The monoisotopic (exact) mass is 376 g/mol. The van der Waals surface area contributed by atoms with E-state index in [0.29, 0.717) is 17.2 Å². The SMILES string of the molecule is COc1cc(C(c2c[nH]c3ccccc23)N2C=CC=CC2)cc(OC)c1OC. The number of hydrogen-bond acceptors (Lipinski definition) is 4. The molecule has 5 nitrogen and oxygen atoms in total. The van der Waals surface area contributed by atoms with Gasteiger partial charge in [-0.25, -0.2) is 0 Å². The molecule has 0 radical (unpaired) electrons. The summed E-state index contributed by atoms with van der Waals surface area (Å²) in [6.07, 6.45) is 10.5. The van der Waals surface area contributed by atoms with E-state index in [1.165, 1.54) is 10.9 Å². The summed E-state index contributed by atoms with van der Waals surface area (Å²) in [5.74, 6) is 1.90. The van der Waals surface area contributed by atoms with E-state index in [-0.39, 0.29) is 6.04 Å². The Morgan fingerprint density at radius 2 is 1.71 bits per heavy atom. The lowest BCUT2D eigenvalue weighted by molar-refractivity contribution is 0.317. The summed E-state index contributed by atoms with van der Waals surface area (Å²) in [7, 11) is 4.91. The van der Waals surface area contributed by atoms with Crippen molar-refractivity contribution in [2.24, 2.45) is 0 Å². The molecule has 1 atom stereocenters. The second kappa shape index (κ2) is 7.72. The zero-order valence-electron chi connectivity index (χ0n) is 16.3. The van der Waals surface area contributed by atoms with Gasteiger partial charge in [-0.1, -0.05) is 30.4 Å². The van der Waals surface area contributed by atoms with Crippen LogP contribution in [0, 0.1) is 0 Å². The molecule has 4 rings (SSSR count). The number of ether oxygens (including phenoxy) is 3. The summed E-state index contributed by atoms with van der Waals surface area (Å²) in [6.45, 7) is 0.817. The zero-order valence-corrected chi connectivity index (χ0v) is 16.3. The average Bonchev–Trinajstić information content (AvgIpc) is 3.17. The fourth-order valence-corrected chi connectivity index (χ4v) is 3.80. The molecular weight excluding hydrogens is 352 g/mol. The van der Waals surface area contributed by atoms with Crippen molar-refractivity contribution in [1.82, 2.24) is 9.88 Å². The minimum absolute atomic E-state index is 0.00828. The first-order valence-electron chi connectivity index (χ1n) is 9.21. The molecule has 0 amide bonds. The fraction of sp³-hybridized carbons (Fsp3) is 0.217. The van der Waals surface area contributed by atoms with Gasteiger partial charge in [0.15, 0.2) is 11.5 Å². The van der Waals surface area contributed by atoms with Crippen LogP contribution in [0.15, 0.2) is 67.0 Å². The maximum atomic E-state index is 5.60. The number of aromatic amines is 1. The van der Waals surface area contributed by atoms with Gasteiger partial charge in [-0.2, -0.15) is 0 Å². The van der Waals surface area contributed by atoms with Gasteiger partial charge in [0.2, 0.25) is 5.75 Å². The molecule has 2 heterocycles. The lowest BCUT2D eigenvalue weighted by Crippen LogP contribution is -2.26. The second-order valence-electron chi connectivity index (χ2n) is 6.62. The zero-order chi connectivity index (χ0) is 19.5. The molecule has 0 fully saturated rings. The number of H-pyrrole nitrogens is 1. The molecule has 2 aromatic carbocycles. The Balaban J connectivity index is 1.91. The van der Waals surface area contributed by atoms with E-state index in [2.05, 4.69) is 58.7 Å². The van der Waals surface area contributed by atoms with Crippen LogP contribution in [0.2, 0.25) is 0 Å². The molecule has 1 aromatic heterocycles. The first kappa shape index (κ1) is 18.0. The Bertz CT molecular complexity index is 1010. The summed E-state index contributed by atoms with van der Waals surface area (Å²) < 4.78 is 16.7. The smallest absolute Gasteiger partial charge is 0.203 e. The summed E-state index contributed by atoms with van der Waals surface area (Å²) >= 11 is 0. The van der Waals surface area contributed by atoms with Crippen LogP contribution in [0.1, 0.15) is 17.2 Å². The number of nitrogens with one attached hydrogen (secondary N) is 1. The van der Waals surface area contributed by atoms with Crippen molar-refractivity contribution in [1.29, 1.82) is 0 Å². The summed E-state index contributed by atoms with van der Waals surface area (Å²) in [4.78, 5) is 5.70. The van der Waals surface area contributed by atoms with E-state index < -0.39 is 0 Å². The molecule has 1 N–H and O–H groups in total. The molecule has 5 heteroatoms. The van der Waals surface area contributed by atoms with Gasteiger partial charge in [0.25, 0.3) is 0 Å². The molecule has 28 heavy (non-hydrogen) atoms. The standard InChI is InChI=1S/C23H24N2O3/c1-26-20-13-16(14-21(27-2)23(20)28-3)22(25-11-7-4-8-12-25)18-15-24-19-10-6-5-9-17(18)19/h4-11,13-15,22,24H,12H2,1-3H3. The molecule has 0 bridgehead atoms. The number of para-hydroxylation sites is 1. The Hall–Kier alpha value is -3.34. The van der Waals surface area contributed by atoms with Gasteiger partial charge in [0.1, 0.15) is 0 Å². The van der Waals surface area contributed by atoms with Gasteiger partial charge in [0, 0.05) is 35.4 Å². The van der Waals surface area contributed by atoms with Crippen molar-refractivity contribution in [3.05, 3.63) is 78.1 Å². The van der Waals surface area contributed by atoms with E-state index in [0.717, 1.165) is 17.6 Å². The van der Waals surface area contributed by atoms with Crippen molar-refractivity contribution in [3.63, 3.8) is 0 Å². The highest BCUT2D eigenvalue weighted by Crippen LogP contribution is 2.43. The molecule has 0 aliphatic carbocycles. The van der Waals surface area contributed by atoms with E-state index in [4.69, 9.17) is 14.2 Å². The molecule has 3 aromatic rings. The van der Waals surface area contributed by atoms with Crippen LogP contribution in [0.3, 0.4) is 0 Å². The first-order valence-corrected chi connectivity index (χ1v) is 9.21. The van der Waals surface area contributed by atoms with Crippen LogP contribution in [0.5, 0.6) is 17.2 Å². The third kappa shape index (κ3) is 3.09. The molecule has 144 valence electrons. The Morgan fingerprint density at radius 3 is 2.36 bits per heavy atom. The fourth-order valence-electron chi connectivity index (χ4n) is 3.80. The van der Waals surface area contributed by atoms with Gasteiger partial charge >= 0.3 is 0 Å². The molecule has 1 aliphatic heterocycles. The van der Waals surface area contributed by atoms with Crippen molar-refractivity contribution in [2.75, 3.05) is 27.9 Å².